The molecule has 0 aromatic rings. The summed E-state index contributed by atoms with van der Waals surface area (Å²) in [4.78, 5) is 14.0. The predicted octanol–water partition coefficient (Wildman–Crippen LogP) is 4.60. The number of aliphatic carboxylic acids is 1. The minimum atomic E-state index is -0.619. The second-order valence-corrected chi connectivity index (χ2v) is 7.29. The van der Waals surface area contributed by atoms with E-state index in [1.807, 2.05) is 6.92 Å². The van der Waals surface area contributed by atoms with E-state index in [0.29, 0.717) is 6.04 Å². The molecule has 1 aliphatic heterocycles. The highest BCUT2D eigenvalue weighted by atomic mass is 16.4. The summed E-state index contributed by atoms with van der Waals surface area (Å²) < 4.78 is 0. The van der Waals surface area contributed by atoms with Crippen molar-refractivity contribution >= 4 is 5.97 Å². The molecule has 1 saturated heterocycles. The number of carboxylic acid groups (broad SMARTS) is 1. The fourth-order valence-electron chi connectivity index (χ4n) is 4.25. The number of nitrogens with zero attached hydrogens (tertiary/aromatic N) is 1. The molecular formula is C18H33NO2. The first-order chi connectivity index (χ1) is 10.1. The first kappa shape index (κ1) is 16.8. The summed E-state index contributed by atoms with van der Waals surface area (Å²) in [7, 11) is 0. The number of hydrogen-bond acceptors (Lipinski definition) is 2. The zero-order valence-electron chi connectivity index (χ0n) is 13.8. The van der Waals surface area contributed by atoms with Crippen LogP contribution in [0, 0.1) is 0 Å². The maximum absolute atomic E-state index is 11.7. The Balaban J connectivity index is 1.97. The fraction of sp³-hybridized carbons (Fsp3) is 0.944. The summed E-state index contributed by atoms with van der Waals surface area (Å²) in [5.74, 6) is -0.619. The van der Waals surface area contributed by atoms with Gasteiger partial charge in [-0.05, 0) is 39.2 Å². The van der Waals surface area contributed by atoms with Gasteiger partial charge in [0.05, 0.1) is 0 Å². The van der Waals surface area contributed by atoms with Crippen LogP contribution in [0.2, 0.25) is 0 Å². The van der Waals surface area contributed by atoms with Gasteiger partial charge in [0, 0.05) is 6.04 Å². The van der Waals surface area contributed by atoms with Crippen LogP contribution >= 0.6 is 0 Å². The van der Waals surface area contributed by atoms with Crippen LogP contribution < -0.4 is 0 Å². The molecule has 1 N–H and O–H groups in total. The molecule has 0 aromatic heterocycles. The molecular weight excluding hydrogens is 262 g/mol. The average Bonchev–Trinajstić information content (AvgIpc) is 2.83. The summed E-state index contributed by atoms with van der Waals surface area (Å²) in [6.07, 6.45) is 16.4. The van der Waals surface area contributed by atoms with Crippen molar-refractivity contribution in [3.8, 4) is 0 Å². The molecule has 0 amide bonds. The Kier molecular flexibility index (Phi) is 6.53. The summed E-state index contributed by atoms with van der Waals surface area (Å²) >= 11 is 0. The van der Waals surface area contributed by atoms with Gasteiger partial charge in [-0.3, -0.25) is 9.69 Å². The van der Waals surface area contributed by atoms with Crippen LogP contribution in [-0.2, 0) is 4.79 Å². The van der Waals surface area contributed by atoms with E-state index in [1.165, 1.54) is 70.6 Å². The Morgan fingerprint density at radius 1 is 0.905 bits per heavy atom. The average molecular weight is 295 g/mol. The quantitative estimate of drug-likeness (QED) is 0.809. The number of carbonyl (C=O) groups is 1. The van der Waals surface area contributed by atoms with E-state index < -0.39 is 11.5 Å². The van der Waals surface area contributed by atoms with Crippen molar-refractivity contribution < 1.29 is 9.90 Å². The van der Waals surface area contributed by atoms with Crippen molar-refractivity contribution in [3.63, 3.8) is 0 Å². The molecule has 3 nitrogen and oxygen atoms in total. The van der Waals surface area contributed by atoms with Crippen molar-refractivity contribution in [2.75, 3.05) is 6.54 Å². The van der Waals surface area contributed by atoms with Gasteiger partial charge in [0.2, 0.25) is 0 Å². The van der Waals surface area contributed by atoms with Crippen molar-refractivity contribution in [2.24, 2.45) is 0 Å². The van der Waals surface area contributed by atoms with E-state index in [-0.39, 0.29) is 0 Å². The van der Waals surface area contributed by atoms with Crippen LogP contribution in [0.25, 0.3) is 0 Å². The van der Waals surface area contributed by atoms with Crippen LogP contribution in [-0.4, -0.2) is 34.1 Å². The van der Waals surface area contributed by atoms with Crippen LogP contribution in [0.15, 0.2) is 0 Å². The zero-order valence-corrected chi connectivity index (χ0v) is 13.8. The third kappa shape index (κ3) is 4.45. The number of rotatable bonds is 2. The van der Waals surface area contributed by atoms with E-state index in [1.54, 1.807) is 0 Å². The maximum Gasteiger partial charge on any atom is 0.323 e. The topological polar surface area (TPSA) is 40.5 Å². The Labute approximate surface area is 130 Å². The Morgan fingerprint density at radius 2 is 1.38 bits per heavy atom. The smallest absolute Gasteiger partial charge is 0.323 e. The SMILES string of the molecule is CC1(C(=O)O)CCCN1C1CCCCCCCCCCC1. The molecule has 2 aliphatic rings. The lowest BCUT2D eigenvalue weighted by Gasteiger charge is -2.38. The van der Waals surface area contributed by atoms with Gasteiger partial charge in [-0.1, -0.05) is 57.8 Å². The number of carboxylic acids is 1. The molecule has 1 saturated carbocycles. The molecule has 122 valence electrons. The van der Waals surface area contributed by atoms with Crippen LogP contribution in [0.3, 0.4) is 0 Å². The zero-order chi connectivity index (χ0) is 15.1. The highest BCUT2D eigenvalue weighted by Gasteiger charge is 2.45. The Hall–Kier alpha value is -0.570. The predicted molar refractivity (Wildman–Crippen MR) is 86.6 cm³/mol. The molecule has 2 fully saturated rings. The Bertz CT molecular complexity index is 319. The second-order valence-electron chi connectivity index (χ2n) is 7.29. The minimum absolute atomic E-state index is 0.494. The maximum atomic E-state index is 11.7. The summed E-state index contributed by atoms with van der Waals surface area (Å²) in [5, 5.41) is 9.64. The largest absolute Gasteiger partial charge is 0.480 e. The molecule has 0 spiro atoms. The monoisotopic (exact) mass is 295 g/mol. The summed E-state index contributed by atoms with van der Waals surface area (Å²) in [6, 6.07) is 0.494. The molecule has 2 rings (SSSR count). The van der Waals surface area contributed by atoms with Crippen molar-refractivity contribution in [1.29, 1.82) is 0 Å². The molecule has 3 heteroatoms. The summed E-state index contributed by atoms with van der Waals surface area (Å²) in [5.41, 5.74) is -0.609. The lowest BCUT2D eigenvalue weighted by atomic mass is 9.92. The highest BCUT2D eigenvalue weighted by Crippen LogP contribution is 2.34. The van der Waals surface area contributed by atoms with Gasteiger partial charge in [-0.15, -0.1) is 0 Å². The highest BCUT2D eigenvalue weighted by molar-refractivity contribution is 5.78. The van der Waals surface area contributed by atoms with Gasteiger partial charge in [0.25, 0.3) is 0 Å². The van der Waals surface area contributed by atoms with E-state index in [9.17, 15) is 9.90 Å². The van der Waals surface area contributed by atoms with Crippen LogP contribution in [0.4, 0.5) is 0 Å². The molecule has 1 unspecified atom stereocenters. The number of hydrogen-bond donors (Lipinski definition) is 1. The standard InChI is InChI=1S/C18H33NO2/c1-18(17(20)21)14-11-15-19(18)16-12-9-7-5-3-2-4-6-8-10-13-16/h16H,2-15H2,1H3,(H,20,21). The van der Waals surface area contributed by atoms with Crippen LogP contribution in [0.5, 0.6) is 0 Å². The molecule has 0 bridgehead atoms. The van der Waals surface area contributed by atoms with Gasteiger partial charge >= 0.3 is 5.97 Å². The van der Waals surface area contributed by atoms with Crippen molar-refractivity contribution in [3.05, 3.63) is 0 Å². The van der Waals surface area contributed by atoms with E-state index in [4.69, 9.17) is 0 Å². The molecule has 0 radical (unpaired) electrons. The van der Waals surface area contributed by atoms with E-state index in [0.717, 1.165) is 19.4 Å². The first-order valence-electron chi connectivity index (χ1n) is 9.15. The van der Waals surface area contributed by atoms with Gasteiger partial charge in [0.15, 0.2) is 0 Å². The van der Waals surface area contributed by atoms with Gasteiger partial charge in [-0.2, -0.15) is 0 Å². The van der Waals surface area contributed by atoms with Gasteiger partial charge < -0.3 is 5.11 Å². The lowest BCUT2D eigenvalue weighted by molar-refractivity contribution is -0.150. The minimum Gasteiger partial charge on any atom is -0.480 e. The third-order valence-corrected chi connectivity index (χ3v) is 5.67. The molecule has 1 heterocycles. The van der Waals surface area contributed by atoms with E-state index >= 15 is 0 Å². The fourth-order valence-corrected chi connectivity index (χ4v) is 4.25. The Morgan fingerprint density at radius 3 is 1.86 bits per heavy atom. The van der Waals surface area contributed by atoms with Crippen molar-refractivity contribution in [1.82, 2.24) is 4.90 Å². The summed E-state index contributed by atoms with van der Waals surface area (Å²) in [6.45, 7) is 2.92. The second kappa shape index (κ2) is 8.17. The normalized spacial score (nSPS) is 31.5. The molecule has 1 atom stereocenters. The first-order valence-corrected chi connectivity index (χ1v) is 9.15. The molecule has 1 aliphatic carbocycles. The molecule has 21 heavy (non-hydrogen) atoms. The lowest BCUT2D eigenvalue weighted by Crippen LogP contribution is -2.52. The number of likely N-dealkylation sites (tertiary alicyclic amines) is 1. The van der Waals surface area contributed by atoms with Gasteiger partial charge in [0.1, 0.15) is 5.54 Å². The van der Waals surface area contributed by atoms with Crippen LogP contribution in [0.1, 0.15) is 90.4 Å². The van der Waals surface area contributed by atoms with Gasteiger partial charge in [-0.25, -0.2) is 0 Å². The molecule has 0 aromatic carbocycles. The third-order valence-electron chi connectivity index (χ3n) is 5.67. The van der Waals surface area contributed by atoms with E-state index in [2.05, 4.69) is 4.90 Å². The van der Waals surface area contributed by atoms with Crippen molar-refractivity contribution in [2.45, 2.75) is 102 Å².